The molecular weight excluding hydrogens is 436 g/mol. The van der Waals surface area contributed by atoms with Crippen molar-refractivity contribution in [2.24, 2.45) is 10.8 Å². The predicted molar refractivity (Wildman–Crippen MR) is 129 cm³/mol. The van der Waals surface area contributed by atoms with Crippen molar-refractivity contribution in [3.63, 3.8) is 0 Å². The van der Waals surface area contributed by atoms with E-state index in [1.54, 1.807) is 0 Å². The number of carbonyl (C=O) groups excluding carboxylic acids is 2. The normalized spacial score (nSPS) is 32.7. The molecule has 6 rings (SSSR count). The highest BCUT2D eigenvalue weighted by Crippen LogP contribution is 2.71. The zero-order valence-corrected chi connectivity index (χ0v) is 21.0. The van der Waals surface area contributed by atoms with E-state index in [1.165, 1.54) is 18.2 Å². The van der Waals surface area contributed by atoms with Gasteiger partial charge in [0.05, 0.1) is 23.6 Å². The number of carbonyl (C=O) groups is 2. The molecule has 178 valence electrons. The highest BCUT2D eigenvalue weighted by molar-refractivity contribution is 6.31. The number of amides is 2. The number of rotatable bonds is 5. The molecular formula is C27H35ClN2O3. The third kappa shape index (κ3) is 3.50. The van der Waals surface area contributed by atoms with Crippen LogP contribution in [-0.4, -0.2) is 29.5 Å². The van der Waals surface area contributed by atoms with Crippen molar-refractivity contribution in [2.75, 3.05) is 7.11 Å². The Hall–Kier alpha value is -2.01. The molecule has 1 atom stereocenters. The molecule has 6 heteroatoms. The molecule has 5 aliphatic rings. The fraction of sp³-hybridized carbons (Fsp3) is 0.630. The molecule has 0 spiro atoms. The van der Waals surface area contributed by atoms with Crippen LogP contribution < -0.4 is 5.32 Å². The van der Waals surface area contributed by atoms with Crippen LogP contribution in [-0.2, 0) is 21.5 Å². The van der Waals surface area contributed by atoms with E-state index >= 15 is 0 Å². The van der Waals surface area contributed by atoms with Gasteiger partial charge < -0.3 is 10.1 Å². The highest BCUT2D eigenvalue weighted by Gasteiger charge is 2.75. The summed E-state index contributed by atoms with van der Waals surface area (Å²) in [6, 6.07) is 6.31. The summed E-state index contributed by atoms with van der Waals surface area (Å²) in [6.07, 6.45) is 10.2. The summed E-state index contributed by atoms with van der Waals surface area (Å²) in [5, 5.41) is 4.18. The maximum Gasteiger partial charge on any atom is 0.322 e. The Morgan fingerprint density at radius 1 is 1.21 bits per heavy atom. The summed E-state index contributed by atoms with van der Waals surface area (Å²) < 4.78 is 4.98. The number of aryl methyl sites for hydroxylation is 1. The third-order valence-corrected chi connectivity index (χ3v) is 8.79. The van der Waals surface area contributed by atoms with Crippen molar-refractivity contribution in [2.45, 2.75) is 89.6 Å². The summed E-state index contributed by atoms with van der Waals surface area (Å²) in [5.74, 6) is -0.136. The summed E-state index contributed by atoms with van der Waals surface area (Å²) in [6.45, 7) is 6.74. The van der Waals surface area contributed by atoms with Gasteiger partial charge in [-0.1, -0.05) is 50.9 Å². The average Bonchev–Trinajstić information content (AvgIpc) is 2.70. The van der Waals surface area contributed by atoms with E-state index < -0.39 is 5.54 Å². The number of hydrogen-bond donors (Lipinski definition) is 1. The minimum atomic E-state index is -0.485. The molecule has 0 saturated heterocycles. The van der Waals surface area contributed by atoms with Crippen LogP contribution >= 0.6 is 11.6 Å². The fourth-order valence-corrected chi connectivity index (χ4v) is 6.83. The molecule has 1 aliphatic heterocycles. The smallest absolute Gasteiger partial charge is 0.322 e. The van der Waals surface area contributed by atoms with Crippen molar-refractivity contribution >= 4 is 23.6 Å². The largest absolute Gasteiger partial charge is 0.469 e. The van der Waals surface area contributed by atoms with E-state index in [0.29, 0.717) is 19.3 Å². The van der Waals surface area contributed by atoms with E-state index in [1.807, 2.05) is 4.90 Å². The van der Waals surface area contributed by atoms with Crippen LogP contribution in [0.2, 0.25) is 5.02 Å². The predicted octanol–water partition coefficient (Wildman–Crippen LogP) is 6.09. The molecule has 2 amide bonds. The Kier molecular flexibility index (Phi) is 5.17. The topological polar surface area (TPSA) is 58.6 Å². The first kappa shape index (κ1) is 22.8. The summed E-state index contributed by atoms with van der Waals surface area (Å²) in [7, 11) is 1.45. The standard InChI is InChI=1S/C27H35ClN2O3/c1-24(2,3)12-10-18-8-9-19(13-21(18)28)27-11-6-5-7-20(27)14-30(23(32)29-27)26-15-25(16-26,17-26)22(31)33-4/h8-9,13-14H,5-7,10-12,15-17H2,1-4H3,(H,29,32)/t25?,26?,27-/m0/s1. The average molecular weight is 471 g/mol. The van der Waals surface area contributed by atoms with Crippen LogP contribution in [0.1, 0.15) is 83.3 Å². The number of benzene rings is 1. The van der Waals surface area contributed by atoms with Crippen LogP contribution in [0.15, 0.2) is 30.0 Å². The Morgan fingerprint density at radius 2 is 1.94 bits per heavy atom. The minimum absolute atomic E-state index is 0.0632. The fourth-order valence-electron chi connectivity index (χ4n) is 6.56. The number of nitrogens with one attached hydrogen (secondary N) is 1. The summed E-state index contributed by atoms with van der Waals surface area (Å²) in [5.41, 5.74) is 2.67. The van der Waals surface area contributed by atoms with Crippen LogP contribution in [0, 0.1) is 10.8 Å². The molecule has 33 heavy (non-hydrogen) atoms. The molecule has 0 unspecified atom stereocenters. The van der Waals surface area contributed by atoms with E-state index in [4.69, 9.17) is 16.3 Å². The molecule has 1 aromatic rings. The molecule has 0 radical (unpaired) electrons. The monoisotopic (exact) mass is 470 g/mol. The third-order valence-electron chi connectivity index (χ3n) is 8.44. The number of methoxy groups -OCH3 is 1. The first-order valence-corrected chi connectivity index (χ1v) is 12.6. The van der Waals surface area contributed by atoms with Gasteiger partial charge in [0, 0.05) is 11.2 Å². The van der Waals surface area contributed by atoms with Gasteiger partial charge >= 0.3 is 12.0 Å². The number of ether oxygens (including phenoxy) is 1. The highest BCUT2D eigenvalue weighted by atomic mass is 35.5. The Bertz CT molecular complexity index is 1020. The molecule has 5 nitrogen and oxygen atoms in total. The van der Waals surface area contributed by atoms with Gasteiger partial charge in [0.2, 0.25) is 0 Å². The first-order chi connectivity index (χ1) is 15.5. The van der Waals surface area contributed by atoms with Gasteiger partial charge in [-0.25, -0.2) is 4.79 Å². The second-order valence-corrected chi connectivity index (χ2v) is 12.4. The van der Waals surface area contributed by atoms with Crippen molar-refractivity contribution in [3.05, 3.63) is 46.1 Å². The van der Waals surface area contributed by atoms with Crippen LogP contribution in [0.4, 0.5) is 4.79 Å². The van der Waals surface area contributed by atoms with E-state index in [2.05, 4.69) is 50.5 Å². The zero-order valence-electron chi connectivity index (χ0n) is 20.2. The Balaban J connectivity index is 1.42. The lowest BCUT2D eigenvalue weighted by Gasteiger charge is -2.71. The summed E-state index contributed by atoms with van der Waals surface area (Å²) in [4.78, 5) is 27.4. The molecule has 1 aromatic carbocycles. The van der Waals surface area contributed by atoms with Gasteiger partial charge in [-0.05, 0) is 79.5 Å². The summed E-state index contributed by atoms with van der Waals surface area (Å²) >= 11 is 6.75. The number of nitrogens with zero attached hydrogens (tertiary/aromatic N) is 1. The van der Waals surface area contributed by atoms with Crippen molar-refractivity contribution in [1.82, 2.24) is 10.2 Å². The van der Waals surface area contributed by atoms with Gasteiger partial charge in [0.25, 0.3) is 0 Å². The minimum Gasteiger partial charge on any atom is -0.469 e. The van der Waals surface area contributed by atoms with Gasteiger partial charge in [-0.3, -0.25) is 9.69 Å². The van der Waals surface area contributed by atoms with Crippen molar-refractivity contribution < 1.29 is 14.3 Å². The van der Waals surface area contributed by atoms with Gasteiger partial charge in [0.15, 0.2) is 0 Å². The maximum absolute atomic E-state index is 13.4. The van der Waals surface area contributed by atoms with Gasteiger partial charge in [0.1, 0.15) is 0 Å². The van der Waals surface area contributed by atoms with Gasteiger partial charge in [-0.15, -0.1) is 0 Å². The lowest BCUT2D eigenvalue weighted by Crippen LogP contribution is -2.78. The van der Waals surface area contributed by atoms with Crippen molar-refractivity contribution in [1.29, 1.82) is 0 Å². The lowest BCUT2D eigenvalue weighted by atomic mass is 9.38. The van der Waals surface area contributed by atoms with E-state index in [-0.39, 0.29) is 28.4 Å². The van der Waals surface area contributed by atoms with Crippen LogP contribution in [0.3, 0.4) is 0 Å². The van der Waals surface area contributed by atoms with Crippen LogP contribution in [0.25, 0.3) is 0 Å². The molecule has 0 aromatic heterocycles. The molecule has 4 saturated carbocycles. The number of esters is 1. The zero-order chi connectivity index (χ0) is 23.6. The number of fused-ring (bicyclic) bond motifs is 1. The molecule has 1 heterocycles. The van der Waals surface area contributed by atoms with Gasteiger partial charge in [-0.2, -0.15) is 0 Å². The molecule has 2 bridgehead atoms. The van der Waals surface area contributed by atoms with E-state index in [9.17, 15) is 9.59 Å². The second-order valence-electron chi connectivity index (χ2n) is 12.0. The van der Waals surface area contributed by atoms with E-state index in [0.717, 1.165) is 49.1 Å². The number of urea groups is 1. The molecule has 4 fully saturated rings. The molecule has 4 aliphatic carbocycles. The first-order valence-electron chi connectivity index (χ1n) is 12.2. The van der Waals surface area contributed by atoms with Crippen molar-refractivity contribution in [3.8, 4) is 0 Å². The quantitative estimate of drug-likeness (QED) is 0.529. The lowest BCUT2D eigenvalue weighted by molar-refractivity contribution is -0.218. The molecule has 1 N–H and O–H groups in total. The van der Waals surface area contributed by atoms with Crippen LogP contribution in [0.5, 0.6) is 0 Å². The number of halogens is 1. The Morgan fingerprint density at radius 3 is 2.58 bits per heavy atom. The Labute approximate surface area is 201 Å². The number of hydrogen-bond acceptors (Lipinski definition) is 3. The maximum atomic E-state index is 13.4. The second kappa shape index (κ2) is 7.49. The SMILES string of the molecule is COC(=O)C12CC(N3C=C4CCCC[C@@]4(c4ccc(CCC(C)(C)C)c(Cl)c4)NC3=O)(C1)C2.